The van der Waals surface area contributed by atoms with Gasteiger partial charge in [0.15, 0.2) is 6.04 Å². The van der Waals surface area contributed by atoms with Crippen LogP contribution in [0.2, 0.25) is 0 Å². The van der Waals surface area contributed by atoms with E-state index in [9.17, 15) is 33.6 Å². The van der Waals surface area contributed by atoms with Crippen molar-refractivity contribution in [2.75, 3.05) is 19.7 Å². The first-order valence-electron chi connectivity index (χ1n) is 20.5. The quantitative estimate of drug-likeness (QED) is 0.136. The molecule has 4 atom stereocenters. The van der Waals surface area contributed by atoms with Gasteiger partial charge in [-0.1, -0.05) is 75.1 Å². The molecule has 1 fully saturated rings. The molecule has 58 heavy (non-hydrogen) atoms. The van der Waals surface area contributed by atoms with Crippen molar-refractivity contribution in [2.45, 2.75) is 128 Å². The smallest absolute Gasteiger partial charge is 0.333 e. The number of ether oxygens (including phenoxy) is 2. The number of rotatable bonds is 12. The van der Waals surface area contributed by atoms with Gasteiger partial charge in [0.05, 0.1) is 19.2 Å². The molecule has 1 saturated carbocycles. The van der Waals surface area contributed by atoms with Gasteiger partial charge in [0, 0.05) is 13.0 Å². The van der Waals surface area contributed by atoms with E-state index >= 15 is 0 Å². The van der Waals surface area contributed by atoms with Gasteiger partial charge in [0.2, 0.25) is 23.5 Å². The highest BCUT2D eigenvalue weighted by Gasteiger charge is 2.36. The minimum absolute atomic E-state index is 0.0258. The number of carbonyl (C=O) groups excluding carboxylic acids is 7. The molecule has 4 unspecified atom stereocenters. The van der Waals surface area contributed by atoms with Crippen molar-refractivity contribution in [3.8, 4) is 5.75 Å². The van der Waals surface area contributed by atoms with Crippen molar-refractivity contribution in [1.29, 1.82) is 0 Å². The minimum atomic E-state index is -1.28. The van der Waals surface area contributed by atoms with Crippen molar-refractivity contribution in [3.63, 3.8) is 0 Å². The standard InChI is InChI=1S/C43H60N6O9/c1-5-16-32(37(51)40(54)45-27-34(50)48-36(30-20-11-7-12-21-30)41(55)58-43(2,3)4)46-38(52)33-26-28-17-15-22-31(25-28)57-24-14-8-13-23-44-42(56)49-35(39(53)47-33)29-18-9-6-10-19-29/h7,11-12,15,17,20-22,25,29,32-33,35-36H,5-6,8-10,13-14,16,18-19,23-24,26-27H2,1-4H3,(H,45,54)(H,46,52)(H,47,53)(H,48,50)(H2,44,49,56). The highest BCUT2D eigenvalue weighted by Crippen LogP contribution is 2.27. The van der Waals surface area contributed by atoms with Gasteiger partial charge in [-0.25, -0.2) is 9.59 Å². The third-order valence-electron chi connectivity index (χ3n) is 9.96. The number of hydrogen-bond acceptors (Lipinski definition) is 9. The van der Waals surface area contributed by atoms with Crippen LogP contribution < -0.4 is 36.6 Å². The van der Waals surface area contributed by atoms with Crippen LogP contribution in [0, 0.1) is 5.92 Å². The lowest BCUT2D eigenvalue weighted by molar-refractivity contribution is -0.158. The second-order valence-corrected chi connectivity index (χ2v) is 15.9. The number of fused-ring (bicyclic) bond motifs is 2. The Labute approximate surface area is 340 Å². The monoisotopic (exact) mass is 804 g/mol. The van der Waals surface area contributed by atoms with Crippen LogP contribution in [-0.2, 0) is 39.9 Å². The van der Waals surface area contributed by atoms with Crippen LogP contribution >= 0.6 is 0 Å². The first-order chi connectivity index (χ1) is 27.7. The SMILES string of the molecule is CCCC(NC(=O)C1Cc2cccc(c2)OCCCCCNC(=O)NC(C2CCCCC2)C(=O)N1)C(=O)C(=O)NCC(=O)NC(C(=O)OC(C)(C)C)c1ccccc1. The summed E-state index contributed by atoms with van der Waals surface area (Å²) in [4.78, 5) is 94.0. The Hall–Kier alpha value is -5.47. The average Bonchev–Trinajstić information content (AvgIpc) is 3.19. The van der Waals surface area contributed by atoms with Crippen LogP contribution in [0.1, 0.15) is 109 Å². The number of amides is 6. The van der Waals surface area contributed by atoms with E-state index in [1.807, 2.05) is 6.07 Å². The van der Waals surface area contributed by atoms with E-state index < -0.39 is 77.7 Å². The largest absolute Gasteiger partial charge is 0.494 e. The molecule has 1 aliphatic heterocycles. The molecule has 2 aromatic rings. The molecule has 0 saturated heterocycles. The maximum absolute atomic E-state index is 14.1. The predicted molar refractivity (Wildman–Crippen MR) is 216 cm³/mol. The van der Waals surface area contributed by atoms with Crippen molar-refractivity contribution >= 4 is 41.4 Å². The van der Waals surface area contributed by atoms with Gasteiger partial charge in [0.25, 0.3) is 5.91 Å². The van der Waals surface area contributed by atoms with Gasteiger partial charge >= 0.3 is 12.0 Å². The van der Waals surface area contributed by atoms with E-state index in [2.05, 4.69) is 31.9 Å². The number of benzene rings is 2. The second-order valence-electron chi connectivity index (χ2n) is 15.9. The molecule has 6 N–H and O–H groups in total. The molecular formula is C43H60N6O9. The Morgan fingerprint density at radius 3 is 2.31 bits per heavy atom. The van der Waals surface area contributed by atoms with E-state index in [1.165, 1.54) is 0 Å². The molecule has 1 aliphatic carbocycles. The molecule has 0 radical (unpaired) electrons. The van der Waals surface area contributed by atoms with Gasteiger partial charge in [-0.2, -0.15) is 0 Å². The van der Waals surface area contributed by atoms with Gasteiger partial charge in [0.1, 0.15) is 23.4 Å². The summed E-state index contributed by atoms with van der Waals surface area (Å²) in [6.07, 6.45) is 7.22. The van der Waals surface area contributed by atoms with E-state index in [0.717, 1.165) is 51.4 Å². The number of esters is 1. The Morgan fingerprint density at radius 1 is 0.879 bits per heavy atom. The van der Waals surface area contributed by atoms with E-state index in [1.54, 1.807) is 76.2 Å². The zero-order valence-corrected chi connectivity index (χ0v) is 34.2. The highest BCUT2D eigenvalue weighted by molar-refractivity contribution is 6.38. The zero-order valence-electron chi connectivity index (χ0n) is 34.2. The van der Waals surface area contributed by atoms with Crippen molar-refractivity contribution in [3.05, 3.63) is 65.7 Å². The maximum Gasteiger partial charge on any atom is 0.333 e. The summed E-state index contributed by atoms with van der Waals surface area (Å²) in [7, 11) is 0. The van der Waals surface area contributed by atoms with Crippen molar-refractivity contribution in [1.82, 2.24) is 31.9 Å². The molecule has 2 aromatic carbocycles. The summed E-state index contributed by atoms with van der Waals surface area (Å²) in [5.41, 5.74) is 0.321. The Balaban J connectivity index is 1.49. The van der Waals surface area contributed by atoms with Crippen LogP contribution in [0.15, 0.2) is 54.6 Å². The number of Topliss-reactive ketones (excluding diaryl/α,β-unsaturated/α-hetero) is 1. The Morgan fingerprint density at radius 2 is 1.60 bits per heavy atom. The van der Waals surface area contributed by atoms with Crippen LogP contribution in [0.25, 0.3) is 0 Å². The number of ketones is 1. The first kappa shape index (κ1) is 45.2. The van der Waals surface area contributed by atoms with E-state index in [4.69, 9.17) is 9.47 Å². The van der Waals surface area contributed by atoms with Gasteiger partial charge in [-0.15, -0.1) is 0 Å². The molecule has 1 heterocycles. The van der Waals surface area contributed by atoms with Crippen molar-refractivity contribution < 1.29 is 43.0 Å². The fourth-order valence-corrected chi connectivity index (χ4v) is 7.05. The van der Waals surface area contributed by atoms with Crippen molar-refractivity contribution in [2.24, 2.45) is 5.92 Å². The summed E-state index contributed by atoms with van der Waals surface area (Å²) in [5, 5.41) is 16.1. The van der Waals surface area contributed by atoms with E-state index in [-0.39, 0.29) is 18.8 Å². The van der Waals surface area contributed by atoms with Gasteiger partial charge in [-0.05, 0) is 88.5 Å². The molecule has 2 bridgehead atoms. The molecular weight excluding hydrogens is 745 g/mol. The lowest BCUT2D eigenvalue weighted by Crippen LogP contribution is -2.59. The summed E-state index contributed by atoms with van der Waals surface area (Å²) < 4.78 is 11.4. The molecule has 6 amide bonds. The van der Waals surface area contributed by atoms with Gasteiger partial charge in [-0.3, -0.25) is 24.0 Å². The number of urea groups is 1. The zero-order chi connectivity index (χ0) is 42.1. The molecule has 0 spiro atoms. The maximum atomic E-state index is 14.1. The molecule has 0 aromatic heterocycles. The average molecular weight is 805 g/mol. The topological polar surface area (TPSA) is 210 Å². The van der Waals surface area contributed by atoms with Crippen LogP contribution in [0.3, 0.4) is 0 Å². The third kappa shape index (κ3) is 14.8. The second kappa shape index (κ2) is 22.5. The van der Waals surface area contributed by atoms with Gasteiger partial charge < -0.3 is 41.4 Å². The lowest BCUT2D eigenvalue weighted by Gasteiger charge is -2.31. The number of hydrogen-bond donors (Lipinski definition) is 6. The molecule has 15 nitrogen and oxygen atoms in total. The number of nitrogens with one attached hydrogen (secondary N) is 6. The first-order valence-corrected chi connectivity index (χ1v) is 20.5. The summed E-state index contributed by atoms with van der Waals surface area (Å²) in [5.74, 6) is -4.31. The summed E-state index contributed by atoms with van der Waals surface area (Å²) >= 11 is 0. The minimum Gasteiger partial charge on any atom is -0.494 e. The van der Waals surface area contributed by atoms with Crippen LogP contribution in [0.5, 0.6) is 5.75 Å². The van der Waals surface area contributed by atoms with Crippen LogP contribution in [0.4, 0.5) is 4.79 Å². The fraction of sp³-hybridized carbons (Fsp3) is 0.558. The lowest BCUT2D eigenvalue weighted by atomic mass is 9.83. The molecule has 316 valence electrons. The fourth-order valence-electron chi connectivity index (χ4n) is 7.05. The van der Waals surface area contributed by atoms with Crippen LogP contribution in [-0.4, -0.2) is 84.8 Å². The Bertz CT molecular complexity index is 1720. The summed E-state index contributed by atoms with van der Waals surface area (Å²) in [6.45, 7) is 7.13. The number of carbonyl (C=O) groups is 7. The molecule has 15 heteroatoms. The molecule has 4 rings (SSSR count). The predicted octanol–water partition coefficient (Wildman–Crippen LogP) is 3.69. The third-order valence-corrected chi connectivity index (χ3v) is 9.96. The molecule has 2 aliphatic rings. The summed E-state index contributed by atoms with van der Waals surface area (Å²) in [6, 6.07) is 10.7. The normalized spacial score (nSPS) is 19.6. The van der Waals surface area contributed by atoms with E-state index in [0.29, 0.717) is 36.4 Å². The highest BCUT2D eigenvalue weighted by atomic mass is 16.6. The Kier molecular flexibility index (Phi) is 17.5.